The van der Waals surface area contributed by atoms with Crippen LogP contribution in [0, 0.1) is 5.82 Å². The Balaban J connectivity index is 1.80. The molecule has 0 saturated carbocycles. The lowest BCUT2D eigenvalue weighted by Gasteiger charge is -2.12. The van der Waals surface area contributed by atoms with E-state index in [2.05, 4.69) is 32.1 Å². The van der Waals surface area contributed by atoms with Gasteiger partial charge in [-0.3, -0.25) is 15.6 Å². The maximum atomic E-state index is 13.0. The zero-order chi connectivity index (χ0) is 17.5. The van der Waals surface area contributed by atoms with Gasteiger partial charge in [-0.05, 0) is 64.0 Å². The van der Waals surface area contributed by atoms with Gasteiger partial charge >= 0.3 is 0 Å². The predicted octanol–water partition coefficient (Wildman–Crippen LogP) is 2.91. The smallest absolute Gasteiger partial charge is 0.270 e. The molecular weight excluding hydrogens is 397 g/mol. The highest BCUT2D eigenvalue weighted by Gasteiger charge is 2.10. The molecule has 2 rings (SSSR count). The first-order chi connectivity index (χ1) is 11.5. The van der Waals surface area contributed by atoms with Gasteiger partial charge in [0.05, 0.1) is 12.7 Å². The number of hydrogen-bond donors (Lipinski definition) is 3. The van der Waals surface area contributed by atoms with Crippen molar-refractivity contribution in [2.24, 2.45) is 0 Å². The number of nitrogens with one attached hydrogen (secondary N) is 3. The lowest BCUT2D eigenvalue weighted by Crippen LogP contribution is -2.46. The van der Waals surface area contributed by atoms with Crippen molar-refractivity contribution >= 4 is 39.2 Å². The Morgan fingerprint density at radius 1 is 1.21 bits per heavy atom. The fourth-order valence-electron chi connectivity index (χ4n) is 1.82. The molecule has 0 radical (unpaired) electrons. The molecule has 0 spiro atoms. The fraction of sp³-hybridized carbons (Fsp3) is 0.125. The standard InChI is InChI=1S/C16H15BrFN3O2S/c1-23-12-5-2-10(3-6-12)9-19-16(24)21-20-15(22)13-7-4-11(18)8-14(13)17/h2-8H,9H2,1H3,(H,20,22)(H2,19,21,24). The summed E-state index contributed by atoms with van der Waals surface area (Å²) in [7, 11) is 1.61. The van der Waals surface area contributed by atoms with Gasteiger partial charge in [-0.1, -0.05) is 12.1 Å². The van der Waals surface area contributed by atoms with Gasteiger partial charge in [-0.2, -0.15) is 0 Å². The van der Waals surface area contributed by atoms with Crippen molar-refractivity contribution < 1.29 is 13.9 Å². The highest BCUT2D eigenvalue weighted by atomic mass is 79.9. The molecule has 0 bridgehead atoms. The largest absolute Gasteiger partial charge is 0.497 e. The molecule has 0 saturated heterocycles. The first-order valence-corrected chi connectivity index (χ1v) is 8.12. The zero-order valence-corrected chi connectivity index (χ0v) is 15.1. The van der Waals surface area contributed by atoms with E-state index in [1.807, 2.05) is 24.3 Å². The monoisotopic (exact) mass is 411 g/mol. The molecule has 0 aliphatic carbocycles. The van der Waals surface area contributed by atoms with Gasteiger partial charge in [-0.15, -0.1) is 0 Å². The van der Waals surface area contributed by atoms with Gasteiger partial charge in [0.2, 0.25) is 0 Å². The Kier molecular flexibility index (Phi) is 6.51. The molecule has 2 aromatic rings. The fourth-order valence-corrected chi connectivity index (χ4v) is 2.48. The summed E-state index contributed by atoms with van der Waals surface area (Å²) in [6.45, 7) is 0.492. The van der Waals surface area contributed by atoms with Gasteiger partial charge in [-0.25, -0.2) is 4.39 Å². The van der Waals surface area contributed by atoms with E-state index in [0.717, 1.165) is 11.3 Å². The van der Waals surface area contributed by atoms with E-state index >= 15 is 0 Å². The van der Waals surface area contributed by atoms with E-state index in [4.69, 9.17) is 17.0 Å². The number of amides is 1. The maximum absolute atomic E-state index is 13.0. The summed E-state index contributed by atoms with van der Waals surface area (Å²) in [6, 6.07) is 11.3. The van der Waals surface area contributed by atoms with E-state index in [1.165, 1.54) is 18.2 Å². The average Bonchev–Trinajstić information content (AvgIpc) is 2.58. The molecule has 0 fully saturated rings. The second kappa shape index (κ2) is 8.60. The maximum Gasteiger partial charge on any atom is 0.270 e. The second-order valence-corrected chi connectivity index (χ2v) is 6.00. The molecule has 1 amide bonds. The highest BCUT2D eigenvalue weighted by Crippen LogP contribution is 2.17. The number of carbonyl (C=O) groups is 1. The summed E-state index contributed by atoms with van der Waals surface area (Å²) in [5.74, 6) is -0.0878. The first kappa shape index (κ1) is 18.2. The van der Waals surface area contributed by atoms with Crippen molar-refractivity contribution in [1.29, 1.82) is 0 Å². The van der Waals surface area contributed by atoms with Crippen molar-refractivity contribution in [3.8, 4) is 5.75 Å². The molecule has 0 aliphatic heterocycles. The Labute approximate surface area is 152 Å². The van der Waals surface area contributed by atoms with Crippen LogP contribution in [-0.4, -0.2) is 18.1 Å². The topological polar surface area (TPSA) is 62.4 Å². The van der Waals surface area contributed by atoms with E-state index in [1.54, 1.807) is 7.11 Å². The van der Waals surface area contributed by atoms with Crippen LogP contribution in [0.2, 0.25) is 0 Å². The highest BCUT2D eigenvalue weighted by molar-refractivity contribution is 9.10. The van der Waals surface area contributed by atoms with Gasteiger partial charge in [0.25, 0.3) is 5.91 Å². The third kappa shape index (κ3) is 5.17. The average molecular weight is 412 g/mol. The van der Waals surface area contributed by atoms with Gasteiger partial charge in [0, 0.05) is 11.0 Å². The molecule has 2 aromatic carbocycles. The number of ether oxygens (including phenoxy) is 1. The minimum Gasteiger partial charge on any atom is -0.497 e. The van der Waals surface area contributed by atoms with Crippen molar-refractivity contribution in [3.05, 3.63) is 63.9 Å². The first-order valence-electron chi connectivity index (χ1n) is 6.92. The second-order valence-electron chi connectivity index (χ2n) is 4.73. The quantitative estimate of drug-likeness (QED) is 0.533. The van der Waals surface area contributed by atoms with E-state index in [-0.39, 0.29) is 5.11 Å². The minimum atomic E-state index is -0.435. The molecule has 24 heavy (non-hydrogen) atoms. The Morgan fingerprint density at radius 2 is 1.92 bits per heavy atom. The van der Waals surface area contributed by atoms with Crippen LogP contribution >= 0.6 is 28.1 Å². The number of methoxy groups -OCH3 is 1. The normalized spacial score (nSPS) is 9.96. The number of hydrogen-bond acceptors (Lipinski definition) is 3. The lowest BCUT2D eigenvalue weighted by molar-refractivity contribution is 0.0943. The van der Waals surface area contributed by atoms with E-state index in [0.29, 0.717) is 16.6 Å². The molecule has 0 aliphatic rings. The third-order valence-electron chi connectivity index (χ3n) is 3.08. The van der Waals surface area contributed by atoms with Crippen molar-refractivity contribution in [3.63, 3.8) is 0 Å². The summed E-state index contributed by atoms with van der Waals surface area (Å²) >= 11 is 8.23. The molecule has 5 nitrogen and oxygen atoms in total. The van der Waals surface area contributed by atoms with Crippen LogP contribution < -0.4 is 20.9 Å². The predicted molar refractivity (Wildman–Crippen MR) is 97.1 cm³/mol. The zero-order valence-electron chi connectivity index (χ0n) is 12.7. The molecule has 0 unspecified atom stereocenters. The van der Waals surface area contributed by atoms with Gasteiger partial charge in [0.15, 0.2) is 5.11 Å². The summed E-state index contributed by atoms with van der Waals surface area (Å²) in [5.41, 5.74) is 6.35. The van der Waals surface area contributed by atoms with Crippen LogP contribution in [0.3, 0.4) is 0 Å². The van der Waals surface area contributed by atoms with Crippen molar-refractivity contribution in [2.75, 3.05) is 7.11 Å². The van der Waals surface area contributed by atoms with Crippen molar-refractivity contribution in [1.82, 2.24) is 16.2 Å². The Morgan fingerprint density at radius 3 is 2.54 bits per heavy atom. The van der Waals surface area contributed by atoms with Crippen LogP contribution in [0.1, 0.15) is 15.9 Å². The molecule has 3 N–H and O–H groups in total. The summed E-state index contributed by atoms with van der Waals surface area (Å²) in [6.07, 6.45) is 0. The third-order valence-corrected chi connectivity index (χ3v) is 3.98. The molecule has 0 heterocycles. The summed E-state index contributed by atoms with van der Waals surface area (Å²) in [4.78, 5) is 12.0. The molecule has 8 heteroatoms. The lowest BCUT2D eigenvalue weighted by atomic mass is 10.2. The number of rotatable bonds is 4. The molecule has 0 atom stereocenters. The SMILES string of the molecule is COc1ccc(CNC(=S)NNC(=O)c2ccc(F)cc2Br)cc1. The van der Waals surface area contributed by atoms with Crippen molar-refractivity contribution in [2.45, 2.75) is 6.54 Å². The van der Waals surface area contributed by atoms with E-state index < -0.39 is 11.7 Å². The van der Waals surface area contributed by atoms with Crippen LogP contribution in [0.25, 0.3) is 0 Å². The van der Waals surface area contributed by atoms with Crippen LogP contribution in [-0.2, 0) is 6.54 Å². The van der Waals surface area contributed by atoms with E-state index in [9.17, 15) is 9.18 Å². The number of benzene rings is 2. The Bertz CT molecular complexity index is 741. The number of carbonyl (C=O) groups excluding carboxylic acids is 1. The molecule has 126 valence electrons. The van der Waals surface area contributed by atoms with Crippen LogP contribution in [0.5, 0.6) is 5.75 Å². The van der Waals surface area contributed by atoms with Crippen LogP contribution in [0.15, 0.2) is 46.9 Å². The molecule has 0 aromatic heterocycles. The van der Waals surface area contributed by atoms with Gasteiger partial charge in [0.1, 0.15) is 11.6 Å². The van der Waals surface area contributed by atoms with Gasteiger partial charge < -0.3 is 10.1 Å². The minimum absolute atomic E-state index is 0.261. The number of halogens is 2. The Hall–Kier alpha value is -2.19. The molecular formula is C16H15BrFN3O2S. The number of hydrazine groups is 1. The summed E-state index contributed by atoms with van der Waals surface area (Å²) in [5, 5.41) is 3.22. The summed E-state index contributed by atoms with van der Waals surface area (Å²) < 4.78 is 18.5. The van der Waals surface area contributed by atoms with Crippen LogP contribution in [0.4, 0.5) is 4.39 Å². The number of thiocarbonyl (C=S) groups is 1.